The highest BCUT2D eigenvalue weighted by Gasteiger charge is 2.24. The van der Waals surface area contributed by atoms with E-state index in [9.17, 15) is 0 Å². The third-order valence-electron chi connectivity index (χ3n) is 2.18. The van der Waals surface area contributed by atoms with E-state index in [0.29, 0.717) is 6.04 Å². The fourth-order valence-electron chi connectivity index (χ4n) is 1.57. The normalized spacial score (nSPS) is 25.0. The molecule has 0 spiro atoms. The molecule has 2 rings (SSSR count). The monoisotopic (exact) mass is 247 g/mol. The number of aromatic nitrogens is 2. The average molecular weight is 248 g/mol. The lowest BCUT2D eigenvalue weighted by Crippen LogP contribution is -2.11. The summed E-state index contributed by atoms with van der Waals surface area (Å²) < 4.78 is 3.15. The maximum atomic E-state index is 4.35. The molecule has 1 unspecified atom stereocenters. The summed E-state index contributed by atoms with van der Waals surface area (Å²) >= 11 is 3.33. The van der Waals surface area contributed by atoms with Crippen molar-refractivity contribution in [3.63, 3.8) is 0 Å². The average Bonchev–Trinajstić information content (AvgIpc) is 2.58. The second-order valence-corrected chi connectivity index (χ2v) is 4.48. The van der Waals surface area contributed by atoms with Gasteiger partial charge < -0.3 is 4.98 Å². The third kappa shape index (κ3) is 1.56. The fraction of sp³-hybridized carbons (Fsp3) is 0.571. The van der Waals surface area contributed by atoms with Gasteiger partial charge in [0, 0.05) is 12.7 Å². The summed E-state index contributed by atoms with van der Waals surface area (Å²) in [5, 5.41) is 0. The first kappa shape index (κ1) is 8.67. The van der Waals surface area contributed by atoms with Crippen molar-refractivity contribution in [2.24, 2.45) is 0 Å². The Bertz CT molecular complexity index is 275. The quantitative estimate of drug-likeness (QED) is 0.772. The number of H-pyrrole nitrogens is 1. The smallest absolute Gasteiger partial charge is 0.125 e. The molecule has 1 aromatic rings. The molecule has 1 aliphatic rings. The van der Waals surface area contributed by atoms with Crippen LogP contribution < -0.4 is 0 Å². The van der Waals surface area contributed by atoms with Crippen LogP contribution in [0.3, 0.4) is 0 Å². The van der Waals surface area contributed by atoms with E-state index < -0.39 is 0 Å². The van der Waals surface area contributed by atoms with Crippen molar-refractivity contribution >= 4 is 25.3 Å². The summed E-state index contributed by atoms with van der Waals surface area (Å²) in [7, 11) is 2.75. The predicted molar refractivity (Wildman–Crippen MR) is 54.7 cm³/mol. The summed E-state index contributed by atoms with van der Waals surface area (Å²) in [4.78, 5) is 7.51. The molecular weight excluding hydrogens is 237 g/mol. The number of hydrogen-bond acceptors (Lipinski definition) is 2. The zero-order valence-corrected chi connectivity index (χ0v) is 9.37. The van der Waals surface area contributed by atoms with Gasteiger partial charge in [0.25, 0.3) is 0 Å². The Morgan fingerprint density at radius 2 is 2.58 bits per heavy atom. The van der Waals surface area contributed by atoms with Gasteiger partial charge in [-0.1, -0.05) is 9.39 Å². The highest BCUT2D eigenvalue weighted by atomic mass is 79.9. The van der Waals surface area contributed by atoms with Crippen LogP contribution in [-0.4, -0.2) is 21.2 Å². The largest absolute Gasteiger partial charge is 0.346 e. The van der Waals surface area contributed by atoms with Gasteiger partial charge in [0.15, 0.2) is 0 Å². The van der Waals surface area contributed by atoms with Gasteiger partial charge in [0.05, 0.1) is 6.04 Å². The molecule has 3 nitrogen and oxygen atoms in total. The first-order valence-electron chi connectivity index (χ1n) is 3.99. The molecule has 5 heteroatoms. The van der Waals surface area contributed by atoms with Crippen LogP contribution in [0.1, 0.15) is 24.7 Å². The highest BCUT2D eigenvalue weighted by molar-refractivity contribution is 9.10. The van der Waals surface area contributed by atoms with Crippen molar-refractivity contribution in [3.05, 3.63) is 16.6 Å². The summed E-state index contributed by atoms with van der Waals surface area (Å²) in [6.07, 6.45) is 4.34. The molecule has 1 fully saturated rings. The van der Waals surface area contributed by atoms with Crippen molar-refractivity contribution in [1.82, 2.24) is 14.6 Å². The second-order valence-electron chi connectivity index (χ2n) is 3.00. The van der Waals surface area contributed by atoms with Crippen molar-refractivity contribution in [2.45, 2.75) is 18.9 Å². The maximum Gasteiger partial charge on any atom is 0.125 e. The number of nitrogens with zero attached hydrogens (tertiary/aromatic N) is 2. The summed E-state index contributed by atoms with van der Waals surface area (Å²) in [6, 6.07) is 0.460. The predicted octanol–water partition coefficient (Wildman–Crippen LogP) is 2.10. The number of hydrogen-bond donors (Lipinski definition) is 1. The molecule has 1 N–H and O–H groups in total. The highest BCUT2D eigenvalue weighted by Crippen LogP contribution is 2.32. The number of aromatic amines is 1. The lowest BCUT2D eigenvalue weighted by molar-refractivity contribution is 0.433. The van der Waals surface area contributed by atoms with E-state index in [2.05, 4.69) is 40.0 Å². The molecule has 0 amide bonds. The number of nitrogens with one attached hydrogen (secondary N) is 1. The van der Waals surface area contributed by atoms with Crippen LogP contribution in [0, 0.1) is 0 Å². The molecule has 1 aromatic heterocycles. The standard InChI is InChI=1S/C7H11BrN3P/c8-6-4-9-7(10-6)5-2-1-3-11(5)12/h4-5H,1-3,12H2,(H,9,10)/t5-/m0/s1. The van der Waals surface area contributed by atoms with Gasteiger partial charge in [-0.15, -0.1) is 0 Å². The molecule has 1 saturated heterocycles. The summed E-state index contributed by atoms with van der Waals surface area (Å²) in [6.45, 7) is 1.15. The number of imidazole rings is 1. The Balaban J connectivity index is 2.19. The fourth-order valence-corrected chi connectivity index (χ4v) is 2.34. The zero-order chi connectivity index (χ0) is 8.55. The van der Waals surface area contributed by atoms with E-state index in [1.165, 1.54) is 12.8 Å². The summed E-state index contributed by atoms with van der Waals surface area (Å²) in [5.41, 5.74) is 0. The molecule has 0 bridgehead atoms. The van der Waals surface area contributed by atoms with Gasteiger partial charge >= 0.3 is 0 Å². The first-order chi connectivity index (χ1) is 5.77. The van der Waals surface area contributed by atoms with E-state index in [1.807, 2.05) is 6.20 Å². The minimum Gasteiger partial charge on any atom is -0.346 e. The third-order valence-corrected chi connectivity index (χ3v) is 3.20. The Labute approximate surface area is 82.3 Å². The van der Waals surface area contributed by atoms with Gasteiger partial charge in [0.2, 0.25) is 0 Å². The van der Waals surface area contributed by atoms with Crippen LogP contribution in [0.4, 0.5) is 0 Å². The van der Waals surface area contributed by atoms with Crippen molar-refractivity contribution in [1.29, 1.82) is 0 Å². The Morgan fingerprint density at radius 1 is 1.75 bits per heavy atom. The minimum absolute atomic E-state index is 0.460. The van der Waals surface area contributed by atoms with E-state index in [-0.39, 0.29) is 0 Å². The van der Waals surface area contributed by atoms with E-state index in [4.69, 9.17) is 0 Å². The van der Waals surface area contributed by atoms with E-state index >= 15 is 0 Å². The van der Waals surface area contributed by atoms with Crippen LogP contribution in [0.15, 0.2) is 10.8 Å². The number of rotatable bonds is 1. The second kappa shape index (κ2) is 3.44. The van der Waals surface area contributed by atoms with E-state index in [0.717, 1.165) is 17.0 Å². The maximum absolute atomic E-state index is 4.35. The van der Waals surface area contributed by atoms with Crippen LogP contribution in [-0.2, 0) is 0 Å². The molecule has 66 valence electrons. The Morgan fingerprint density at radius 3 is 3.08 bits per heavy atom. The van der Waals surface area contributed by atoms with Crippen LogP contribution >= 0.6 is 25.3 Å². The zero-order valence-electron chi connectivity index (χ0n) is 6.63. The van der Waals surface area contributed by atoms with E-state index in [1.54, 1.807) is 0 Å². The van der Waals surface area contributed by atoms with Crippen molar-refractivity contribution in [2.75, 3.05) is 6.54 Å². The molecule has 2 atom stereocenters. The molecule has 12 heavy (non-hydrogen) atoms. The lowest BCUT2D eigenvalue weighted by Gasteiger charge is -2.15. The SMILES string of the molecule is PN1CCC[C@H]1c1nc(Br)c[nH]1. The van der Waals surface area contributed by atoms with Crippen LogP contribution in [0.5, 0.6) is 0 Å². The minimum atomic E-state index is 0.460. The molecule has 0 aliphatic carbocycles. The molecule has 0 saturated carbocycles. The van der Waals surface area contributed by atoms with Gasteiger partial charge in [-0.2, -0.15) is 0 Å². The van der Waals surface area contributed by atoms with Gasteiger partial charge in [0.1, 0.15) is 10.4 Å². The molecule has 2 heterocycles. The van der Waals surface area contributed by atoms with Crippen LogP contribution in [0.2, 0.25) is 0 Å². The van der Waals surface area contributed by atoms with Crippen molar-refractivity contribution in [3.8, 4) is 0 Å². The molecule has 0 radical (unpaired) electrons. The van der Waals surface area contributed by atoms with Gasteiger partial charge in [-0.05, 0) is 28.8 Å². The molecule has 1 aliphatic heterocycles. The first-order valence-corrected chi connectivity index (χ1v) is 5.30. The van der Waals surface area contributed by atoms with Gasteiger partial charge in [-0.3, -0.25) is 4.67 Å². The number of halogens is 1. The Hall–Kier alpha value is 0.0800. The lowest BCUT2D eigenvalue weighted by atomic mass is 10.2. The summed E-state index contributed by atoms with van der Waals surface area (Å²) in [5.74, 6) is 1.06. The topological polar surface area (TPSA) is 31.9 Å². The molecular formula is C7H11BrN3P. The van der Waals surface area contributed by atoms with Gasteiger partial charge in [-0.25, -0.2) is 4.98 Å². The van der Waals surface area contributed by atoms with Crippen molar-refractivity contribution < 1.29 is 0 Å². The molecule has 0 aromatic carbocycles. The van der Waals surface area contributed by atoms with Crippen LogP contribution in [0.25, 0.3) is 0 Å². The Kier molecular flexibility index (Phi) is 2.49.